The number of nitrogens with zero attached hydrogens (tertiary/aromatic N) is 2. The van der Waals surface area contributed by atoms with Crippen molar-refractivity contribution in [1.29, 1.82) is 0 Å². The third kappa shape index (κ3) is 5.71. The molecule has 2 aromatic heterocycles. The number of hydrogen-bond acceptors (Lipinski definition) is 7. The van der Waals surface area contributed by atoms with Gasteiger partial charge in [-0.2, -0.15) is 0 Å². The van der Waals surface area contributed by atoms with Crippen molar-refractivity contribution in [3.8, 4) is 0 Å². The first-order valence-electron chi connectivity index (χ1n) is 9.55. The lowest BCUT2D eigenvalue weighted by Gasteiger charge is -2.01. The second-order valence-corrected chi connectivity index (χ2v) is 10.3. The molecule has 31 heavy (non-hydrogen) atoms. The fourth-order valence-electron chi connectivity index (χ4n) is 2.85. The lowest BCUT2D eigenvalue weighted by atomic mass is 10.1. The molecule has 0 aliphatic carbocycles. The summed E-state index contributed by atoms with van der Waals surface area (Å²) in [5.74, 6) is 0.205. The highest BCUT2D eigenvalue weighted by atomic mass is 35.5. The number of aryl methyl sites for hydroxylation is 1. The number of carbonyl (C=O) groups excluding carboxylic acids is 2. The summed E-state index contributed by atoms with van der Waals surface area (Å²) in [6.07, 6.45) is 1.10. The van der Waals surface area contributed by atoms with Crippen LogP contribution in [0.3, 0.4) is 0 Å². The average Bonchev–Trinajstić information content (AvgIpc) is 3.37. The van der Waals surface area contributed by atoms with E-state index in [2.05, 4.69) is 22.2 Å². The van der Waals surface area contributed by atoms with Gasteiger partial charge in [0.15, 0.2) is 15.3 Å². The Balaban J connectivity index is 1.30. The van der Waals surface area contributed by atoms with E-state index in [1.165, 1.54) is 40.0 Å². The molecule has 4 aromatic rings. The fourth-order valence-corrected chi connectivity index (χ4v) is 5.75. The molecule has 1 amide bonds. The standard InChI is InChI=1S/C22H18ClN3O2S3/c1-2-13-3-5-14(6-4-13)18(27)12-30-22-24-16(11-29-22)10-20(28)26-21-25-17-8-7-15(23)9-19(17)31-21/h3-9,11H,2,10,12H2,1H3,(H,25,26,28). The number of aromatic nitrogens is 2. The van der Waals surface area contributed by atoms with Crippen LogP contribution in [-0.2, 0) is 17.6 Å². The van der Waals surface area contributed by atoms with Gasteiger partial charge in [0.25, 0.3) is 0 Å². The first-order chi connectivity index (χ1) is 15.0. The number of anilines is 1. The van der Waals surface area contributed by atoms with Crippen LogP contribution >= 0.6 is 46.0 Å². The van der Waals surface area contributed by atoms with Crippen LogP contribution < -0.4 is 5.32 Å². The van der Waals surface area contributed by atoms with Gasteiger partial charge < -0.3 is 5.32 Å². The maximum atomic E-state index is 12.4. The summed E-state index contributed by atoms with van der Waals surface area (Å²) < 4.78 is 1.69. The van der Waals surface area contributed by atoms with E-state index in [0.717, 1.165) is 21.0 Å². The number of benzene rings is 2. The zero-order valence-corrected chi connectivity index (χ0v) is 19.8. The number of hydrogen-bond donors (Lipinski definition) is 1. The molecule has 0 saturated heterocycles. The fraction of sp³-hybridized carbons (Fsp3) is 0.182. The van der Waals surface area contributed by atoms with E-state index in [-0.39, 0.29) is 18.1 Å². The van der Waals surface area contributed by atoms with Crippen LogP contribution in [0.4, 0.5) is 5.13 Å². The Morgan fingerprint density at radius 1 is 1.13 bits per heavy atom. The molecule has 0 unspecified atom stereocenters. The minimum absolute atomic E-state index is 0.0677. The number of halogens is 1. The molecule has 158 valence electrons. The third-order valence-electron chi connectivity index (χ3n) is 4.48. The smallest absolute Gasteiger partial charge is 0.232 e. The van der Waals surface area contributed by atoms with Crippen molar-refractivity contribution < 1.29 is 9.59 Å². The molecule has 5 nitrogen and oxygen atoms in total. The number of nitrogens with one attached hydrogen (secondary N) is 1. The van der Waals surface area contributed by atoms with E-state index in [1.807, 2.05) is 41.8 Å². The Bertz CT molecular complexity index is 1230. The lowest BCUT2D eigenvalue weighted by Crippen LogP contribution is -2.14. The maximum Gasteiger partial charge on any atom is 0.232 e. The molecule has 9 heteroatoms. The first-order valence-corrected chi connectivity index (χ1v) is 12.6. The number of fused-ring (bicyclic) bond motifs is 1. The number of rotatable bonds is 8. The van der Waals surface area contributed by atoms with E-state index in [9.17, 15) is 9.59 Å². The Morgan fingerprint density at radius 2 is 1.94 bits per heavy atom. The van der Waals surface area contributed by atoms with Crippen molar-refractivity contribution in [1.82, 2.24) is 9.97 Å². The Hall–Kier alpha value is -2.26. The summed E-state index contributed by atoms with van der Waals surface area (Å²) in [5.41, 5.74) is 3.39. The van der Waals surface area contributed by atoms with Gasteiger partial charge in [-0.1, -0.05) is 65.9 Å². The Kier molecular flexibility index (Phi) is 7.02. The van der Waals surface area contributed by atoms with Crippen LogP contribution in [0.25, 0.3) is 10.2 Å². The molecular weight excluding hydrogens is 470 g/mol. The summed E-state index contributed by atoms with van der Waals surface area (Å²) in [6.45, 7) is 2.09. The highest BCUT2D eigenvalue weighted by Gasteiger charge is 2.13. The number of ketones is 1. The van der Waals surface area contributed by atoms with Crippen molar-refractivity contribution >= 4 is 73.1 Å². The van der Waals surface area contributed by atoms with Gasteiger partial charge >= 0.3 is 0 Å². The Morgan fingerprint density at radius 3 is 2.71 bits per heavy atom. The summed E-state index contributed by atoms with van der Waals surface area (Å²) in [5, 5.41) is 5.84. The zero-order valence-electron chi connectivity index (χ0n) is 16.6. The normalized spacial score (nSPS) is 11.0. The zero-order chi connectivity index (χ0) is 21.8. The summed E-state index contributed by atoms with van der Waals surface area (Å²) in [6, 6.07) is 13.1. The first kappa shape index (κ1) is 22.0. The van der Waals surface area contributed by atoms with E-state index in [0.29, 0.717) is 27.2 Å². The summed E-state index contributed by atoms with van der Waals surface area (Å²) >= 11 is 10.2. The molecule has 0 aliphatic rings. The maximum absolute atomic E-state index is 12.4. The molecule has 0 spiro atoms. The molecular formula is C22H18ClN3O2S3. The number of carbonyl (C=O) groups is 2. The minimum Gasteiger partial charge on any atom is -0.302 e. The van der Waals surface area contributed by atoms with Crippen LogP contribution in [0.15, 0.2) is 52.2 Å². The van der Waals surface area contributed by atoms with Crippen molar-refractivity contribution in [2.24, 2.45) is 0 Å². The van der Waals surface area contributed by atoms with Crippen LogP contribution in [0, 0.1) is 0 Å². The van der Waals surface area contributed by atoms with Crippen molar-refractivity contribution in [3.63, 3.8) is 0 Å². The van der Waals surface area contributed by atoms with E-state index in [4.69, 9.17) is 11.6 Å². The van der Waals surface area contributed by atoms with Crippen molar-refractivity contribution in [3.05, 3.63) is 69.7 Å². The van der Waals surface area contributed by atoms with Gasteiger partial charge in [0.05, 0.1) is 28.1 Å². The molecule has 0 radical (unpaired) electrons. The SMILES string of the molecule is CCc1ccc(C(=O)CSc2nc(CC(=O)Nc3nc4ccc(Cl)cc4s3)cs2)cc1. The molecule has 0 bridgehead atoms. The highest BCUT2D eigenvalue weighted by molar-refractivity contribution is 8.01. The van der Waals surface area contributed by atoms with Gasteiger partial charge in [0.2, 0.25) is 5.91 Å². The van der Waals surface area contributed by atoms with Crippen LogP contribution in [0.5, 0.6) is 0 Å². The molecule has 0 saturated carbocycles. The van der Waals surface area contributed by atoms with Gasteiger partial charge in [-0.3, -0.25) is 9.59 Å². The molecule has 0 aliphatic heterocycles. The topological polar surface area (TPSA) is 72.0 Å². The number of thiazole rings is 2. The predicted molar refractivity (Wildman–Crippen MR) is 130 cm³/mol. The molecule has 4 rings (SSSR count). The second kappa shape index (κ2) is 9.91. The van der Waals surface area contributed by atoms with Gasteiger partial charge in [0.1, 0.15) is 0 Å². The second-order valence-electron chi connectivity index (χ2n) is 6.72. The molecule has 2 heterocycles. The van der Waals surface area contributed by atoms with Gasteiger partial charge in [0, 0.05) is 16.0 Å². The molecule has 0 atom stereocenters. The monoisotopic (exact) mass is 487 g/mol. The minimum atomic E-state index is -0.181. The Labute approximate surface area is 196 Å². The van der Waals surface area contributed by atoms with Gasteiger partial charge in [-0.25, -0.2) is 9.97 Å². The quantitative estimate of drug-likeness (QED) is 0.239. The van der Waals surface area contributed by atoms with Crippen LogP contribution in [0.1, 0.15) is 28.5 Å². The lowest BCUT2D eigenvalue weighted by molar-refractivity contribution is -0.115. The number of Topliss-reactive ketones (excluding diaryl/α,β-unsaturated/α-hetero) is 1. The third-order valence-corrected chi connectivity index (χ3v) is 7.72. The molecule has 0 fully saturated rings. The van der Waals surface area contributed by atoms with Gasteiger partial charge in [-0.15, -0.1) is 11.3 Å². The van der Waals surface area contributed by atoms with Crippen LogP contribution in [0.2, 0.25) is 5.02 Å². The van der Waals surface area contributed by atoms with Crippen LogP contribution in [-0.4, -0.2) is 27.4 Å². The van der Waals surface area contributed by atoms with Crippen molar-refractivity contribution in [2.75, 3.05) is 11.1 Å². The molecule has 2 aromatic carbocycles. The van der Waals surface area contributed by atoms with E-state index < -0.39 is 0 Å². The highest BCUT2D eigenvalue weighted by Crippen LogP contribution is 2.29. The van der Waals surface area contributed by atoms with E-state index >= 15 is 0 Å². The molecule has 1 N–H and O–H groups in total. The van der Waals surface area contributed by atoms with Gasteiger partial charge in [-0.05, 0) is 30.2 Å². The summed E-state index contributed by atoms with van der Waals surface area (Å²) in [7, 11) is 0. The number of amides is 1. The largest absolute Gasteiger partial charge is 0.302 e. The van der Waals surface area contributed by atoms with Crippen molar-refractivity contribution in [2.45, 2.75) is 24.1 Å². The predicted octanol–water partition coefficient (Wildman–Crippen LogP) is 6.12. The summed E-state index contributed by atoms with van der Waals surface area (Å²) in [4.78, 5) is 33.6. The van der Waals surface area contributed by atoms with E-state index in [1.54, 1.807) is 6.07 Å². The average molecular weight is 488 g/mol. The number of thioether (sulfide) groups is 1.